The Morgan fingerprint density at radius 2 is 1.71 bits per heavy atom. The second-order valence-electron chi connectivity index (χ2n) is 6.89. The van der Waals surface area contributed by atoms with Crippen LogP contribution < -0.4 is 5.73 Å². The predicted molar refractivity (Wildman–Crippen MR) is 98.6 cm³/mol. The Labute approximate surface area is 144 Å². The van der Waals surface area contributed by atoms with Crippen LogP contribution in [0.15, 0.2) is 42.5 Å². The molecule has 0 spiro atoms. The lowest BCUT2D eigenvalue weighted by molar-refractivity contribution is -0.137. The van der Waals surface area contributed by atoms with E-state index in [-0.39, 0.29) is 17.9 Å². The zero-order valence-electron chi connectivity index (χ0n) is 14.6. The Kier molecular flexibility index (Phi) is 5.17. The Balaban J connectivity index is 1.62. The van der Waals surface area contributed by atoms with Crippen molar-refractivity contribution in [1.82, 2.24) is 9.80 Å². The average Bonchev–Trinajstić information content (AvgIpc) is 2.61. The molecular formula is C20H27N3O. The lowest BCUT2D eigenvalue weighted by atomic mass is 10.0. The largest absolute Gasteiger partial charge is 0.340 e. The number of rotatable bonds is 4. The van der Waals surface area contributed by atoms with Crippen molar-refractivity contribution in [3.8, 4) is 0 Å². The van der Waals surface area contributed by atoms with E-state index in [1.165, 1.54) is 16.3 Å². The molecule has 4 heteroatoms. The van der Waals surface area contributed by atoms with Crippen LogP contribution in [0.3, 0.4) is 0 Å². The molecule has 0 bridgehead atoms. The summed E-state index contributed by atoms with van der Waals surface area (Å²) >= 11 is 0. The van der Waals surface area contributed by atoms with Crippen molar-refractivity contribution in [3.63, 3.8) is 0 Å². The maximum atomic E-state index is 12.4. The lowest BCUT2D eigenvalue weighted by Crippen LogP contribution is -2.51. The summed E-state index contributed by atoms with van der Waals surface area (Å²) < 4.78 is 0. The average molecular weight is 325 g/mol. The Bertz CT molecular complexity index is 700. The zero-order valence-corrected chi connectivity index (χ0v) is 14.6. The maximum Gasteiger partial charge on any atom is 0.227 e. The molecule has 3 rings (SSSR count). The minimum atomic E-state index is -0.102. The smallest absolute Gasteiger partial charge is 0.227 e. The van der Waals surface area contributed by atoms with Crippen LogP contribution in [0.25, 0.3) is 10.8 Å². The van der Waals surface area contributed by atoms with E-state index in [1.54, 1.807) is 0 Å². The molecule has 1 aliphatic heterocycles. The molecule has 2 unspecified atom stereocenters. The monoisotopic (exact) mass is 325 g/mol. The van der Waals surface area contributed by atoms with Crippen LogP contribution in [0.5, 0.6) is 0 Å². The summed E-state index contributed by atoms with van der Waals surface area (Å²) in [7, 11) is 0. The number of hydrogen-bond donors (Lipinski definition) is 1. The molecule has 0 aromatic heterocycles. The molecule has 128 valence electrons. The molecule has 0 saturated carbocycles. The summed E-state index contributed by atoms with van der Waals surface area (Å²) in [6.07, 6.45) is 0. The Morgan fingerprint density at radius 1 is 1.04 bits per heavy atom. The summed E-state index contributed by atoms with van der Waals surface area (Å²) in [5.41, 5.74) is 7.23. The minimum Gasteiger partial charge on any atom is -0.340 e. The van der Waals surface area contributed by atoms with E-state index in [9.17, 15) is 4.79 Å². The van der Waals surface area contributed by atoms with Crippen LogP contribution in [0, 0.1) is 5.92 Å². The third-order valence-electron chi connectivity index (χ3n) is 5.14. The summed E-state index contributed by atoms with van der Waals surface area (Å²) in [4.78, 5) is 16.8. The summed E-state index contributed by atoms with van der Waals surface area (Å²) in [5.74, 6) is 0.0874. The number of amides is 1. The van der Waals surface area contributed by atoms with Gasteiger partial charge in [-0.15, -0.1) is 0 Å². The summed E-state index contributed by atoms with van der Waals surface area (Å²) in [5, 5.41) is 2.61. The predicted octanol–water partition coefficient (Wildman–Crippen LogP) is 2.47. The highest BCUT2D eigenvalue weighted by Crippen LogP contribution is 2.21. The third kappa shape index (κ3) is 3.60. The molecule has 0 aliphatic carbocycles. The van der Waals surface area contributed by atoms with E-state index in [2.05, 4.69) is 47.4 Å². The number of nitrogens with two attached hydrogens (primary N) is 1. The molecule has 24 heavy (non-hydrogen) atoms. The first kappa shape index (κ1) is 16.9. The van der Waals surface area contributed by atoms with E-state index in [0.717, 1.165) is 32.7 Å². The van der Waals surface area contributed by atoms with E-state index in [4.69, 9.17) is 5.73 Å². The van der Waals surface area contributed by atoms with Crippen LogP contribution in [0.2, 0.25) is 0 Å². The molecule has 1 saturated heterocycles. The lowest BCUT2D eigenvalue weighted by Gasteiger charge is -2.36. The molecular weight excluding hydrogens is 298 g/mol. The standard InChI is InChI=1S/C20H27N3O/c1-15(16(2)21)20(24)23-12-10-22(11-13-23)14-18-8-5-7-17-6-3-4-9-19(17)18/h3-9,15-16H,10-14,21H2,1-2H3. The number of hydrogen-bond acceptors (Lipinski definition) is 3. The number of carbonyl (C=O) groups is 1. The number of fused-ring (bicyclic) bond motifs is 1. The molecule has 1 fully saturated rings. The second-order valence-corrected chi connectivity index (χ2v) is 6.89. The molecule has 4 nitrogen and oxygen atoms in total. The summed E-state index contributed by atoms with van der Waals surface area (Å²) in [6, 6.07) is 14.9. The van der Waals surface area contributed by atoms with E-state index in [0.29, 0.717) is 0 Å². The fourth-order valence-electron chi connectivity index (χ4n) is 3.31. The number of benzene rings is 2. The SMILES string of the molecule is CC(N)C(C)C(=O)N1CCN(Cc2cccc3ccccc23)CC1. The zero-order chi connectivity index (χ0) is 17.1. The van der Waals surface area contributed by atoms with Gasteiger partial charge in [-0.1, -0.05) is 49.4 Å². The Hall–Kier alpha value is -1.91. The maximum absolute atomic E-state index is 12.4. The normalized spacial score (nSPS) is 18.5. The minimum absolute atomic E-state index is 0.0915. The van der Waals surface area contributed by atoms with Gasteiger partial charge in [0.05, 0.1) is 5.92 Å². The first-order chi connectivity index (χ1) is 11.6. The number of carbonyl (C=O) groups excluding carboxylic acids is 1. The molecule has 1 aliphatic rings. The van der Waals surface area contributed by atoms with Gasteiger partial charge in [-0.2, -0.15) is 0 Å². The Morgan fingerprint density at radius 3 is 2.42 bits per heavy atom. The fraction of sp³-hybridized carbons (Fsp3) is 0.450. The number of nitrogens with zero attached hydrogens (tertiary/aromatic N) is 2. The van der Waals surface area contributed by atoms with Gasteiger partial charge in [0.1, 0.15) is 0 Å². The van der Waals surface area contributed by atoms with Crippen LogP contribution >= 0.6 is 0 Å². The third-order valence-corrected chi connectivity index (χ3v) is 5.14. The molecule has 1 heterocycles. The van der Waals surface area contributed by atoms with Crippen molar-refractivity contribution in [2.45, 2.75) is 26.4 Å². The van der Waals surface area contributed by atoms with Gasteiger partial charge in [-0.25, -0.2) is 0 Å². The first-order valence-electron chi connectivity index (χ1n) is 8.79. The van der Waals surface area contributed by atoms with Crippen molar-refractivity contribution in [2.24, 2.45) is 11.7 Å². The van der Waals surface area contributed by atoms with Crippen LogP contribution in [0.4, 0.5) is 0 Å². The van der Waals surface area contributed by atoms with Crippen molar-refractivity contribution < 1.29 is 4.79 Å². The molecule has 1 amide bonds. The molecule has 2 N–H and O–H groups in total. The van der Waals surface area contributed by atoms with Crippen molar-refractivity contribution >= 4 is 16.7 Å². The molecule has 2 atom stereocenters. The molecule has 0 radical (unpaired) electrons. The van der Waals surface area contributed by atoms with Crippen LogP contribution in [0.1, 0.15) is 19.4 Å². The van der Waals surface area contributed by atoms with E-state index < -0.39 is 0 Å². The highest BCUT2D eigenvalue weighted by Gasteiger charge is 2.26. The van der Waals surface area contributed by atoms with Crippen molar-refractivity contribution in [2.75, 3.05) is 26.2 Å². The van der Waals surface area contributed by atoms with Gasteiger partial charge in [0, 0.05) is 38.8 Å². The van der Waals surface area contributed by atoms with Crippen LogP contribution in [-0.4, -0.2) is 47.9 Å². The first-order valence-corrected chi connectivity index (χ1v) is 8.79. The molecule has 2 aromatic rings. The van der Waals surface area contributed by atoms with E-state index in [1.807, 2.05) is 18.7 Å². The van der Waals surface area contributed by atoms with Crippen molar-refractivity contribution in [1.29, 1.82) is 0 Å². The summed E-state index contributed by atoms with van der Waals surface area (Å²) in [6.45, 7) is 8.18. The van der Waals surface area contributed by atoms with Gasteiger partial charge < -0.3 is 10.6 Å². The quantitative estimate of drug-likeness (QED) is 0.939. The van der Waals surface area contributed by atoms with Gasteiger partial charge in [-0.05, 0) is 23.3 Å². The number of piperazine rings is 1. The highest BCUT2D eigenvalue weighted by atomic mass is 16.2. The topological polar surface area (TPSA) is 49.6 Å². The highest BCUT2D eigenvalue weighted by molar-refractivity contribution is 5.85. The van der Waals surface area contributed by atoms with Gasteiger partial charge in [0.2, 0.25) is 5.91 Å². The van der Waals surface area contributed by atoms with Crippen molar-refractivity contribution in [3.05, 3.63) is 48.0 Å². The molecule has 2 aromatic carbocycles. The van der Waals surface area contributed by atoms with Gasteiger partial charge >= 0.3 is 0 Å². The van der Waals surface area contributed by atoms with Gasteiger partial charge in [0.25, 0.3) is 0 Å². The second kappa shape index (κ2) is 7.32. The van der Waals surface area contributed by atoms with Crippen LogP contribution in [-0.2, 0) is 11.3 Å². The van der Waals surface area contributed by atoms with Gasteiger partial charge in [0.15, 0.2) is 0 Å². The van der Waals surface area contributed by atoms with E-state index >= 15 is 0 Å². The fourth-order valence-corrected chi connectivity index (χ4v) is 3.31. The van der Waals surface area contributed by atoms with Gasteiger partial charge in [-0.3, -0.25) is 9.69 Å².